The standard InChI is InChI=1S/C21H22FN5O2.ClH/c22-15-5-6-18-17(9-15)19(14-3-1-13(10-24)2-4-14)20(27-18)21(28)26-11-16(25)12-29-8-7-23;/h1-6,9,16,27H,7-8,11-12,23,25H2,(H,26,28);1H. The first kappa shape index (κ1) is 23.3. The predicted octanol–water partition coefficient (Wildman–Crippen LogP) is 2.30. The molecule has 3 rings (SSSR count). The number of nitrogens with two attached hydrogens (primary N) is 2. The van der Waals surface area contributed by atoms with Crippen LogP contribution in [0.5, 0.6) is 0 Å². The number of benzene rings is 2. The van der Waals surface area contributed by atoms with Crippen molar-refractivity contribution in [3.63, 3.8) is 0 Å². The molecule has 0 radical (unpaired) electrons. The van der Waals surface area contributed by atoms with Crippen molar-refractivity contribution in [2.45, 2.75) is 6.04 Å². The Balaban J connectivity index is 0.00000320. The van der Waals surface area contributed by atoms with Crippen LogP contribution in [0.15, 0.2) is 42.5 Å². The van der Waals surface area contributed by atoms with Crippen molar-refractivity contribution < 1.29 is 13.9 Å². The molecule has 1 unspecified atom stereocenters. The zero-order valence-electron chi connectivity index (χ0n) is 16.2. The Kier molecular flexibility index (Phi) is 8.33. The van der Waals surface area contributed by atoms with Crippen molar-refractivity contribution >= 4 is 29.2 Å². The minimum Gasteiger partial charge on any atom is -0.378 e. The third-order valence-corrected chi connectivity index (χ3v) is 4.41. The maximum atomic E-state index is 13.9. The van der Waals surface area contributed by atoms with Crippen LogP contribution in [0.4, 0.5) is 4.39 Å². The van der Waals surface area contributed by atoms with Crippen LogP contribution >= 0.6 is 12.4 Å². The van der Waals surface area contributed by atoms with E-state index in [4.69, 9.17) is 21.5 Å². The van der Waals surface area contributed by atoms with Gasteiger partial charge in [-0.15, -0.1) is 12.4 Å². The minimum absolute atomic E-state index is 0. The lowest BCUT2D eigenvalue weighted by Crippen LogP contribution is -2.40. The van der Waals surface area contributed by atoms with Crippen molar-refractivity contribution in [2.75, 3.05) is 26.3 Å². The molecule has 6 N–H and O–H groups in total. The summed E-state index contributed by atoms with van der Waals surface area (Å²) in [7, 11) is 0. The van der Waals surface area contributed by atoms with Crippen molar-refractivity contribution in [1.29, 1.82) is 5.26 Å². The number of fused-ring (bicyclic) bond motifs is 1. The van der Waals surface area contributed by atoms with Crippen LogP contribution in [0, 0.1) is 17.1 Å². The molecule has 3 aromatic rings. The fraction of sp³-hybridized carbons (Fsp3) is 0.238. The molecule has 2 aromatic carbocycles. The summed E-state index contributed by atoms with van der Waals surface area (Å²) in [5, 5.41) is 12.4. The van der Waals surface area contributed by atoms with Crippen molar-refractivity contribution in [3.05, 3.63) is 59.5 Å². The maximum absolute atomic E-state index is 13.9. The smallest absolute Gasteiger partial charge is 0.268 e. The van der Waals surface area contributed by atoms with Crippen LogP contribution < -0.4 is 16.8 Å². The van der Waals surface area contributed by atoms with Gasteiger partial charge in [0.15, 0.2) is 0 Å². The van der Waals surface area contributed by atoms with E-state index in [1.807, 2.05) is 0 Å². The normalized spacial score (nSPS) is 11.5. The van der Waals surface area contributed by atoms with Gasteiger partial charge in [-0.1, -0.05) is 12.1 Å². The van der Waals surface area contributed by atoms with Crippen molar-refractivity contribution in [3.8, 4) is 17.2 Å². The molecule has 0 fully saturated rings. The molecule has 1 amide bonds. The van der Waals surface area contributed by atoms with Gasteiger partial charge in [-0.05, 0) is 35.9 Å². The molecule has 0 aliphatic heterocycles. The lowest BCUT2D eigenvalue weighted by atomic mass is 10.00. The highest BCUT2D eigenvalue weighted by atomic mass is 35.5. The summed E-state index contributed by atoms with van der Waals surface area (Å²) in [6, 6.07) is 12.7. The van der Waals surface area contributed by atoms with Gasteiger partial charge in [-0.2, -0.15) is 5.26 Å². The lowest BCUT2D eigenvalue weighted by molar-refractivity contribution is 0.0929. The fourth-order valence-electron chi connectivity index (χ4n) is 3.03. The Morgan fingerprint density at radius 1 is 1.27 bits per heavy atom. The molecule has 30 heavy (non-hydrogen) atoms. The molecule has 1 aromatic heterocycles. The zero-order valence-corrected chi connectivity index (χ0v) is 17.0. The molecule has 1 heterocycles. The number of carbonyl (C=O) groups is 1. The Hall–Kier alpha value is -2.96. The topological polar surface area (TPSA) is 130 Å². The van der Waals surface area contributed by atoms with Crippen molar-refractivity contribution in [2.24, 2.45) is 11.5 Å². The number of amides is 1. The molecular weight excluding hydrogens is 409 g/mol. The van der Waals surface area contributed by atoms with E-state index in [-0.39, 0.29) is 37.5 Å². The van der Waals surface area contributed by atoms with Gasteiger partial charge in [0.1, 0.15) is 11.5 Å². The molecule has 0 saturated carbocycles. The number of nitrogens with one attached hydrogen (secondary N) is 2. The molecule has 0 aliphatic carbocycles. The van der Waals surface area contributed by atoms with Crippen LogP contribution in [0.2, 0.25) is 0 Å². The first-order valence-electron chi connectivity index (χ1n) is 9.17. The van der Waals surface area contributed by atoms with E-state index in [9.17, 15) is 9.18 Å². The fourth-order valence-corrected chi connectivity index (χ4v) is 3.03. The average Bonchev–Trinajstić information content (AvgIpc) is 3.11. The highest BCUT2D eigenvalue weighted by molar-refractivity contribution is 6.09. The first-order chi connectivity index (χ1) is 14.0. The van der Waals surface area contributed by atoms with Crippen LogP contribution in [0.25, 0.3) is 22.0 Å². The van der Waals surface area contributed by atoms with E-state index < -0.39 is 5.82 Å². The number of aromatic nitrogens is 1. The third-order valence-electron chi connectivity index (χ3n) is 4.41. The van der Waals surface area contributed by atoms with Crippen LogP contribution in [-0.4, -0.2) is 43.2 Å². The number of halogens is 2. The van der Waals surface area contributed by atoms with E-state index in [0.717, 1.165) is 0 Å². The van der Waals surface area contributed by atoms with E-state index in [0.29, 0.717) is 46.4 Å². The largest absolute Gasteiger partial charge is 0.378 e. The molecule has 0 bridgehead atoms. The number of nitriles is 1. The maximum Gasteiger partial charge on any atom is 0.268 e. The molecule has 0 spiro atoms. The monoisotopic (exact) mass is 431 g/mol. The Morgan fingerprint density at radius 3 is 2.67 bits per heavy atom. The second-order valence-corrected chi connectivity index (χ2v) is 6.59. The lowest BCUT2D eigenvalue weighted by Gasteiger charge is -2.13. The van der Waals surface area contributed by atoms with Gasteiger partial charge in [0.2, 0.25) is 0 Å². The zero-order chi connectivity index (χ0) is 20.8. The quantitative estimate of drug-likeness (QED) is 0.406. The minimum atomic E-state index is -0.405. The summed E-state index contributed by atoms with van der Waals surface area (Å²) in [5.41, 5.74) is 14.0. The molecule has 158 valence electrons. The van der Waals surface area contributed by atoms with Gasteiger partial charge in [-0.25, -0.2) is 4.39 Å². The summed E-state index contributed by atoms with van der Waals surface area (Å²) in [5.74, 6) is -0.771. The van der Waals surface area contributed by atoms with E-state index in [1.54, 1.807) is 30.3 Å². The highest BCUT2D eigenvalue weighted by Crippen LogP contribution is 2.33. The number of carbonyl (C=O) groups excluding carboxylic acids is 1. The van der Waals surface area contributed by atoms with Crippen molar-refractivity contribution in [1.82, 2.24) is 10.3 Å². The second kappa shape index (κ2) is 10.7. The molecule has 0 saturated heterocycles. The molecule has 1 atom stereocenters. The number of hydrogen-bond donors (Lipinski definition) is 4. The summed E-state index contributed by atoms with van der Waals surface area (Å²) in [4.78, 5) is 15.9. The first-order valence-corrected chi connectivity index (χ1v) is 9.17. The van der Waals surface area contributed by atoms with E-state index in [1.165, 1.54) is 12.1 Å². The Bertz CT molecular complexity index is 1050. The average molecular weight is 432 g/mol. The second-order valence-electron chi connectivity index (χ2n) is 6.59. The number of ether oxygens (including phenoxy) is 1. The van der Waals surface area contributed by atoms with Crippen LogP contribution in [0.3, 0.4) is 0 Å². The number of hydrogen-bond acceptors (Lipinski definition) is 5. The van der Waals surface area contributed by atoms with Gasteiger partial charge in [0.25, 0.3) is 5.91 Å². The summed E-state index contributed by atoms with van der Waals surface area (Å²) >= 11 is 0. The molecule has 9 heteroatoms. The molecule has 0 aliphatic rings. The van der Waals surface area contributed by atoms with Gasteiger partial charge in [0.05, 0.1) is 24.8 Å². The summed E-state index contributed by atoms with van der Waals surface area (Å²) in [6.07, 6.45) is 0. The SMILES string of the molecule is Cl.N#Cc1ccc(-c2c(C(=O)NCC(N)COCCN)[nH]c3ccc(F)cc23)cc1. The number of aromatic amines is 1. The number of nitrogens with zero attached hydrogens (tertiary/aromatic N) is 1. The number of H-pyrrole nitrogens is 1. The van der Waals surface area contributed by atoms with Crippen LogP contribution in [-0.2, 0) is 4.74 Å². The molecule has 7 nitrogen and oxygen atoms in total. The summed E-state index contributed by atoms with van der Waals surface area (Å²) < 4.78 is 19.1. The third kappa shape index (κ3) is 5.34. The highest BCUT2D eigenvalue weighted by Gasteiger charge is 2.20. The number of rotatable bonds is 8. The van der Waals surface area contributed by atoms with Gasteiger partial charge >= 0.3 is 0 Å². The Morgan fingerprint density at radius 2 is 2.00 bits per heavy atom. The van der Waals surface area contributed by atoms with Crippen LogP contribution in [0.1, 0.15) is 16.1 Å². The van der Waals surface area contributed by atoms with E-state index >= 15 is 0 Å². The van der Waals surface area contributed by atoms with E-state index in [2.05, 4.69) is 16.4 Å². The predicted molar refractivity (Wildman–Crippen MR) is 116 cm³/mol. The van der Waals surface area contributed by atoms with Gasteiger partial charge in [-0.3, -0.25) is 4.79 Å². The Labute approximate surface area is 179 Å². The van der Waals surface area contributed by atoms with Gasteiger partial charge in [0, 0.05) is 35.6 Å². The van der Waals surface area contributed by atoms with Gasteiger partial charge < -0.3 is 26.5 Å². The molecular formula is C21H23ClFN5O2. The summed E-state index contributed by atoms with van der Waals surface area (Å²) in [6.45, 7) is 1.29.